The Morgan fingerprint density at radius 3 is 2.37 bits per heavy atom. The summed E-state index contributed by atoms with van der Waals surface area (Å²) in [7, 11) is 0. The second-order valence-corrected chi connectivity index (χ2v) is 6.71. The van der Waals surface area contributed by atoms with Crippen LogP contribution >= 0.6 is 0 Å². The van der Waals surface area contributed by atoms with Gasteiger partial charge in [-0.05, 0) is 36.2 Å². The number of piperidine rings is 1. The number of allylic oxidation sites excluding steroid dienone is 1. The topological polar surface area (TPSA) is 139 Å². The largest absolute Gasteiger partial charge is 0.396 e. The molecule has 1 heterocycles. The van der Waals surface area contributed by atoms with Crippen molar-refractivity contribution < 1.29 is 19.6 Å². The van der Waals surface area contributed by atoms with Crippen LogP contribution in [0.4, 0.5) is 17.1 Å². The Bertz CT molecular complexity index is 1060. The molecule has 30 heavy (non-hydrogen) atoms. The lowest BCUT2D eigenvalue weighted by atomic mass is 9.96. The van der Waals surface area contributed by atoms with E-state index in [1.54, 1.807) is 24.3 Å². The predicted molar refractivity (Wildman–Crippen MR) is 111 cm³/mol. The maximum absolute atomic E-state index is 13.2. The third-order valence-corrected chi connectivity index (χ3v) is 4.76. The van der Waals surface area contributed by atoms with Gasteiger partial charge in [-0.3, -0.25) is 19.7 Å². The molecule has 3 rings (SSSR count). The number of aliphatic imine (C=N–C) groups is 1. The van der Waals surface area contributed by atoms with Gasteiger partial charge in [0, 0.05) is 36.9 Å². The molecule has 3 N–H and O–H groups in total. The summed E-state index contributed by atoms with van der Waals surface area (Å²) in [6, 6.07) is 12.3. The highest BCUT2D eigenvalue weighted by atomic mass is 16.6. The van der Waals surface area contributed by atoms with E-state index >= 15 is 0 Å². The molecule has 1 fully saturated rings. The third-order valence-electron chi connectivity index (χ3n) is 4.76. The van der Waals surface area contributed by atoms with Gasteiger partial charge in [-0.15, -0.1) is 0 Å². The summed E-state index contributed by atoms with van der Waals surface area (Å²) in [4.78, 5) is 41.3. The molecule has 0 bridgehead atoms. The van der Waals surface area contributed by atoms with E-state index in [0.29, 0.717) is 28.9 Å². The molecule has 0 spiro atoms. The Labute approximate surface area is 172 Å². The van der Waals surface area contributed by atoms with Gasteiger partial charge in [0.25, 0.3) is 11.6 Å². The van der Waals surface area contributed by atoms with Crippen LogP contribution in [0.15, 0.2) is 64.8 Å². The minimum absolute atomic E-state index is 0.0163. The Morgan fingerprint density at radius 2 is 1.83 bits per heavy atom. The monoisotopic (exact) mass is 408 g/mol. The van der Waals surface area contributed by atoms with Gasteiger partial charge in [0.1, 0.15) is 5.71 Å². The number of nitrogens with zero attached hydrogens (tertiary/aromatic N) is 3. The van der Waals surface area contributed by atoms with Gasteiger partial charge in [0.15, 0.2) is 5.78 Å². The molecule has 1 amide bonds. The average Bonchev–Trinajstić information content (AvgIpc) is 2.75. The molecule has 0 aliphatic carbocycles. The first-order valence-electron chi connectivity index (χ1n) is 9.16. The fraction of sp³-hybridized carbons (Fsp3) is 0.190. The second kappa shape index (κ2) is 8.66. The number of nitrogens with two attached hydrogens (primary N) is 1. The molecular weight excluding hydrogens is 388 g/mol. The van der Waals surface area contributed by atoms with Crippen LogP contribution in [0.5, 0.6) is 0 Å². The maximum atomic E-state index is 13.2. The van der Waals surface area contributed by atoms with Crippen molar-refractivity contribution in [2.45, 2.75) is 20.0 Å². The Hall–Kier alpha value is -3.85. The van der Waals surface area contributed by atoms with Crippen molar-refractivity contribution in [3.8, 4) is 0 Å². The molecule has 1 aliphatic heterocycles. The van der Waals surface area contributed by atoms with Crippen molar-refractivity contribution >= 4 is 34.5 Å². The fourth-order valence-corrected chi connectivity index (χ4v) is 3.10. The van der Waals surface area contributed by atoms with Crippen LogP contribution in [0, 0.1) is 10.1 Å². The number of carbonyl (C=O) groups is 2. The van der Waals surface area contributed by atoms with Crippen LogP contribution in [-0.2, 0) is 16.2 Å². The number of anilines is 1. The van der Waals surface area contributed by atoms with Crippen LogP contribution in [0.2, 0.25) is 0 Å². The molecule has 9 nitrogen and oxygen atoms in total. The van der Waals surface area contributed by atoms with Gasteiger partial charge in [-0.25, -0.2) is 4.99 Å². The first kappa shape index (κ1) is 20.9. The van der Waals surface area contributed by atoms with E-state index in [1.807, 2.05) is 0 Å². The molecule has 2 aromatic carbocycles. The molecule has 1 aliphatic rings. The van der Waals surface area contributed by atoms with Gasteiger partial charge in [0.05, 0.1) is 22.9 Å². The van der Waals surface area contributed by atoms with Crippen molar-refractivity contribution in [1.82, 2.24) is 0 Å². The van der Waals surface area contributed by atoms with Gasteiger partial charge >= 0.3 is 0 Å². The molecule has 9 heteroatoms. The Morgan fingerprint density at radius 1 is 1.20 bits per heavy atom. The molecule has 0 saturated carbocycles. The predicted octanol–water partition coefficient (Wildman–Crippen LogP) is 2.40. The van der Waals surface area contributed by atoms with E-state index in [2.05, 4.69) is 4.99 Å². The second-order valence-electron chi connectivity index (χ2n) is 6.71. The molecule has 0 unspecified atom stereocenters. The Kier molecular flexibility index (Phi) is 6.03. The number of benzene rings is 2. The highest BCUT2D eigenvalue weighted by Gasteiger charge is 2.32. The zero-order valence-corrected chi connectivity index (χ0v) is 16.2. The van der Waals surface area contributed by atoms with Gasteiger partial charge in [-0.2, -0.15) is 0 Å². The molecule has 154 valence electrons. The van der Waals surface area contributed by atoms with E-state index in [0.717, 1.165) is 0 Å². The number of ketones is 1. The lowest BCUT2D eigenvalue weighted by Crippen LogP contribution is -2.44. The highest BCUT2D eigenvalue weighted by Crippen LogP contribution is 2.27. The normalized spacial score (nSPS) is 17.2. The smallest absolute Gasteiger partial charge is 0.277 e. The van der Waals surface area contributed by atoms with Crippen LogP contribution in [-0.4, -0.2) is 34.0 Å². The number of aliphatic hydroxyl groups is 1. The van der Waals surface area contributed by atoms with Crippen LogP contribution in [0.25, 0.3) is 0 Å². The standard InChI is InChI=1S/C21H20N4O5/c1-13(27)19(22)18-10-11-24(16-6-8-17(9-7-16)25(29)30)21(28)20(18)23-15-4-2-14(12-26)3-5-15/h2-9,26H,10-12,22H2,1H3. The van der Waals surface area contributed by atoms with E-state index in [-0.39, 0.29) is 36.0 Å². The summed E-state index contributed by atoms with van der Waals surface area (Å²) in [6.07, 6.45) is 0.307. The minimum atomic E-state index is -0.515. The zero-order valence-electron chi connectivity index (χ0n) is 16.2. The van der Waals surface area contributed by atoms with Crippen LogP contribution < -0.4 is 10.6 Å². The molecule has 2 aromatic rings. The maximum Gasteiger partial charge on any atom is 0.277 e. The average molecular weight is 408 g/mol. The van der Waals surface area contributed by atoms with Crippen molar-refractivity contribution in [3.05, 3.63) is 75.5 Å². The van der Waals surface area contributed by atoms with E-state index in [4.69, 9.17) is 5.73 Å². The number of nitro benzene ring substituents is 1. The fourth-order valence-electron chi connectivity index (χ4n) is 3.10. The van der Waals surface area contributed by atoms with Gasteiger partial charge < -0.3 is 15.7 Å². The molecule has 0 atom stereocenters. The summed E-state index contributed by atoms with van der Waals surface area (Å²) in [6.45, 7) is 1.46. The molecule has 0 aromatic heterocycles. The van der Waals surface area contributed by atoms with Crippen molar-refractivity contribution in [3.63, 3.8) is 0 Å². The van der Waals surface area contributed by atoms with E-state index < -0.39 is 10.8 Å². The van der Waals surface area contributed by atoms with Crippen molar-refractivity contribution in [1.29, 1.82) is 0 Å². The van der Waals surface area contributed by atoms with Crippen LogP contribution in [0.1, 0.15) is 18.9 Å². The highest BCUT2D eigenvalue weighted by molar-refractivity contribution is 6.51. The number of rotatable bonds is 5. The van der Waals surface area contributed by atoms with Gasteiger partial charge in [0.2, 0.25) is 0 Å². The van der Waals surface area contributed by atoms with E-state index in [9.17, 15) is 24.8 Å². The number of non-ortho nitro benzene ring substituents is 1. The minimum Gasteiger partial charge on any atom is -0.396 e. The molecular formula is C21H20N4O5. The Balaban J connectivity index is 2.03. The summed E-state index contributed by atoms with van der Waals surface area (Å²) in [5.74, 6) is -0.814. The molecule has 1 saturated heterocycles. The number of Topliss-reactive ketones (excluding diaryl/α,β-unsaturated/α-hetero) is 1. The van der Waals surface area contributed by atoms with E-state index in [1.165, 1.54) is 36.1 Å². The zero-order chi connectivity index (χ0) is 21.8. The SMILES string of the molecule is CC(=O)C(N)=C1CCN(c2ccc([N+](=O)[O-])cc2)C(=O)C1=Nc1ccc(CO)cc1. The number of carbonyl (C=O) groups excluding carboxylic acids is 2. The van der Waals surface area contributed by atoms with Gasteiger partial charge in [-0.1, -0.05) is 12.1 Å². The lowest BCUT2D eigenvalue weighted by Gasteiger charge is -2.30. The quantitative estimate of drug-likeness (QED) is 0.442. The lowest BCUT2D eigenvalue weighted by molar-refractivity contribution is -0.384. The number of aliphatic hydroxyl groups excluding tert-OH is 1. The summed E-state index contributed by atoms with van der Waals surface area (Å²) in [5.41, 5.74) is 7.91. The first-order chi connectivity index (χ1) is 14.3. The van der Waals surface area contributed by atoms with Crippen LogP contribution in [0.3, 0.4) is 0 Å². The third kappa shape index (κ3) is 4.26. The number of hydrogen-bond acceptors (Lipinski definition) is 7. The van der Waals surface area contributed by atoms with Crippen molar-refractivity contribution in [2.75, 3.05) is 11.4 Å². The number of nitro groups is 1. The molecule has 0 radical (unpaired) electrons. The summed E-state index contributed by atoms with van der Waals surface area (Å²) < 4.78 is 0. The first-order valence-corrected chi connectivity index (χ1v) is 9.16. The van der Waals surface area contributed by atoms with Crippen molar-refractivity contribution in [2.24, 2.45) is 10.7 Å². The number of hydrogen-bond donors (Lipinski definition) is 2. The summed E-state index contributed by atoms with van der Waals surface area (Å²) in [5, 5.41) is 20.1. The summed E-state index contributed by atoms with van der Waals surface area (Å²) >= 11 is 0. The number of amides is 1.